The van der Waals surface area contributed by atoms with Crippen LogP contribution in [0.4, 0.5) is 26.2 Å². The summed E-state index contributed by atoms with van der Waals surface area (Å²) >= 11 is 0. The highest BCUT2D eigenvalue weighted by Gasteiger charge is 2.19. The van der Waals surface area contributed by atoms with Crippen LogP contribution in [0.3, 0.4) is 0 Å². The normalized spacial score (nSPS) is 11.9. The number of nitrogens with two attached hydrogens (primary N) is 1. The Bertz CT molecular complexity index is 1040. The summed E-state index contributed by atoms with van der Waals surface area (Å²) in [6.07, 6.45) is -0.0632. The van der Waals surface area contributed by atoms with Gasteiger partial charge in [-0.25, -0.2) is 18.9 Å². The number of nitrogens with zero attached hydrogens (tertiary/aromatic N) is 2. The maximum atomic E-state index is 14.5. The topological polar surface area (TPSA) is 118 Å². The molecule has 1 unspecified atom stereocenters. The van der Waals surface area contributed by atoms with E-state index >= 15 is 0 Å². The highest BCUT2D eigenvalue weighted by molar-refractivity contribution is 5.98. The molecule has 10 heteroatoms. The van der Waals surface area contributed by atoms with Gasteiger partial charge in [-0.05, 0) is 44.5 Å². The molecule has 1 amide bonds. The van der Waals surface area contributed by atoms with Gasteiger partial charge in [-0.1, -0.05) is 12.1 Å². The minimum atomic E-state index is -0.839. The minimum absolute atomic E-state index is 0.0632. The molecular weight excluding hydrogens is 394 g/mol. The first kappa shape index (κ1) is 21.0. The van der Waals surface area contributed by atoms with Gasteiger partial charge in [0.1, 0.15) is 11.6 Å². The van der Waals surface area contributed by atoms with E-state index < -0.39 is 11.7 Å². The van der Waals surface area contributed by atoms with Crippen LogP contribution in [0.2, 0.25) is 0 Å². The average molecular weight is 416 g/mol. The fraction of sp³-hybridized carbons (Fsp3) is 0.250. The Labute approximate surface area is 171 Å². The van der Waals surface area contributed by atoms with E-state index in [-0.39, 0.29) is 41.0 Å². The lowest BCUT2D eigenvalue weighted by Crippen LogP contribution is -2.18. The predicted molar refractivity (Wildman–Crippen MR) is 109 cm³/mol. The fourth-order valence-electron chi connectivity index (χ4n) is 2.72. The van der Waals surface area contributed by atoms with Crippen molar-refractivity contribution >= 4 is 23.4 Å². The van der Waals surface area contributed by atoms with Gasteiger partial charge in [-0.2, -0.15) is 5.10 Å². The average Bonchev–Trinajstić information content (AvgIpc) is 3.10. The third kappa shape index (κ3) is 5.02. The summed E-state index contributed by atoms with van der Waals surface area (Å²) in [6, 6.07) is 8.03. The number of hydrogen-bond acceptors (Lipinski definition) is 6. The Morgan fingerprint density at radius 1 is 1.13 bits per heavy atom. The van der Waals surface area contributed by atoms with E-state index in [1.165, 1.54) is 12.1 Å². The van der Waals surface area contributed by atoms with Crippen LogP contribution in [0, 0.1) is 11.6 Å². The first-order valence-electron chi connectivity index (χ1n) is 9.24. The van der Waals surface area contributed by atoms with Crippen LogP contribution in [-0.4, -0.2) is 27.2 Å². The van der Waals surface area contributed by atoms with Crippen LogP contribution in [0.15, 0.2) is 36.4 Å². The lowest BCUT2D eigenvalue weighted by atomic mass is 10.1. The number of H-pyrrole nitrogens is 1. The molecule has 158 valence electrons. The Morgan fingerprint density at radius 2 is 1.83 bits per heavy atom. The molecule has 0 aliphatic rings. The lowest BCUT2D eigenvalue weighted by Gasteiger charge is -2.18. The molecule has 3 aromatic rings. The molecule has 30 heavy (non-hydrogen) atoms. The van der Waals surface area contributed by atoms with Crippen molar-refractivity contribution < 1.29 is 18.3 Å². The van der Waals surface area contributed by atoms with E-state index in [1.54, 1.807) is 25.1 Å². The summed E-state index contributed by atoms with van der Waals surface area (Å²) in [5.74, 6) is -1.37. The van der Waals surface area contributed by atoms with Crippen LogP contribution < -0.4 is 21.1 Å². The fourth-order valence-corrected chi connectivity index (χ4v) is 2.72. The van der Waals surface area contributed by atoms with Gasteiger partial charge in [0.2, 0.25) is 5.88 Å². The number of aromatic amines is 1. The number of hydrogen-bond donors (Lipinski definition) is 4. The van der Waals surface area contributed by atoms with E-state index in [1.807, 2.05) is 13.8 Å². The van der Waals surface area contributed by atoms with Gasteiger partial charge in [0.25, 0.3) is 5.91 Å². The van der Waals surface area contributed by atoms with Crippen molar-refractivity contribution in [3.05, 3.63) is 59.2 Å². The van der Waals surface area contributed by atoms with Gasteiger partial charge in [0, 0.05) is 12.1 Å². The summed E-state index contributed by atoms with van der Waals surface area (Å²) in [6.45, 7) is 5.51. The highest BCUT2D eigenvalue weighted by Crippen LogP contribution is 2.27. The summed E-state index contributed by atoms with van der Waals surface area (Å²) in [5, 5.41) is 12.4. The number of amides is 1. The molecule has 0 aliphatic carbocycles. The second kappa shape index (κ2) is 8.76. The molecule has 1 aromatic carbocycles. The first-order valence-corrected chi connectivity index (χ1v) is 9.24. The Balaban J connectivity index is 1.87. The van der Waals surface area contributed by atoms with Crippen molar-refractivity contribution in [1.82, 2.24) is 15.2 Å². The Hall–Kier alpha value is -3.69. The molecule has 8 nitrogen and oxygen atoms in total. The quantitative estimate of drug-likeness (QED) is 0.443. The number of benzene rings is 1. The monoisotopic (exact) mass is 416 g/mol. The Kier molecular flexibility index (Phi) is 6.14. The standard InChI is InChI=1S/C20H22F2N6O2/c1-10(2)30-17-9-16(27-28-17)25-20-15(22)8-14(18(23)29)19(26-20)24-11(3)12-4-6-13(21)7-5-12/h4-11H,1-3H3,(H2,23,29)(H3,24,25,26,27,28). The van der Waals surface area contributed by atoms with Gasteiger partial charge in [0.05, 0.1) is 11.7 Å². The van der Waals surface area contributed by atoms with Crippen LogP contribution >= 0.6 is 0 Å². The zero-order chi connectivity index (χ0) is 21.8. The molecular formula is C20H22F2N6O2. The van der Waals surface area contributed by atoms with E-state index in [2.05, 4.69) is 25.8 Å². The highest BCUT2D eigenvalue weighted by atomic mass is 19.1. The number of carbonyl (C=O) groups is 1. The number of pyridine rings is 1. The number of rotatable bonds is 8. The van der Waals surface area contributed by atoms with Crippen molar-refractivity contribution in [2.24, 2.45) is 5.73 Å². The summed E-state index contributed by atoms with van der Waals surface area (Å²) < 4.78 is 33.2. The molecule has 2 aromatic heterocycles. The molecule has 0 spiro atoms. The van der Waals surface area contributed by atoms with Crippen molar-refractivity contribution in [2.45, 2.75) is 32.9 Å². The zero-order valence-electron chi connectivity index (χ0n) is 16.7. The van der Waals surface area contributed by atoms with Crippen LogP contribution in [0.25, 0.3) is 0 Å². The second-order valence-corrected chi connectivity index (χ2v) is 6.91. The molecule has 0 bridgehead atoms. The van der Waals surface area contributed by atoms with Gasteiger partial charge < -0.3 is 21.1 Å². The zero-order valence-corrected chi connectivity index (χ0v) is 16.7. The summed E-state index contributed by atoms with van der Waals surface area (Å²) in [7, 11) is 0. The SMILES string of the molecule is CC(C)Oc1cc(Nc2nc(NC(C)c3ccc(F)cc3)c(C(N)=O)cc2F)n[nH]1. The van der Waals surface area contributed by atoms with Crippen molar-refractivity contribution in [1.29, 1.82) is 0 Å². The maximum Gasteiger partial charge on any atom is 0.252 e. The number of anilines is 3. The molecule has 0 saturated heterocycles. The van der Waals surface area contributed by atoms with Crippen LogP contribution in [0.1, 0.15) is 42.7 Å². The largest absolute Gasteiger partial charge is 0.475 e. The van der Waals surface area contributed by atoms with E-state index in [0.29, 0.717) is 5.88 Å². The van der Waals surface area contributed by atoms with Crippen molar-refractivity contribution in [3.63, 3.8) is 0 Å². The number of aromatic nitrogens is 3. The molecule has 5 N–H and O–H groups in total. The number of nitrogens with one attached hydrogen (secondary N) is 3. The summed E-state index contributed by atoms with van der Waals surface area (Å²) in [4.78, 5) is 16.0. The maximum absolute atomic E-state index is 14.5. The van der Waals surface area contributed by atoms with Gasteiger partial charge in [0.15, 0.2) is 17.5 Å². The molecule has 0 saturated carbocycles. The van der Waals surface area contributed by atoms with Crippen LogP contribution in [-0.2, 0) is 0 Å². The molecule has 0 radical (unpaired) electrons. The molecule has 0 aliphatic heterocycles. The number of primary amides is 1. The molecule has 1 atom stereocenters. The van der Waals surface area contributed by atoms with Crippen LogP contribution in [0.5, 0.6) is 5.88 Å². The van der Waals surface area contributed by atoms with Gasteiger partial charge >= 0.3 is 0 Å². The number of ether oxygens (including phenoxy) is 1. The van der Waals surface area contributed by atoms with Gasteiger partial charge in [-0.15, -0.1) is 0 Å². The number of carbonyl (C=O) groups excluding carboxylic acids is 1. The Morgan fingerprint density at radius 3 is 2.47 bits per heavy atom. The minimum Gasteiger partial charge on any atom is -0.475 e. The second-order valence-electron chi connectivity index (χ2n) is 6.91. The third-order valence-electron chi connectivity index (χ3n) is 4.13. The van der Waals surface area contributed by atoms with E-state index in [9.17, 15) is 13.6 Å². The lowest BCUT2D eigenvalue weighted by molar-refractivity contribution is 0.100. The predicted octanol–water partition coefficient (Wildman–Crippen LogP) is 3.89. The third-order valence-corrected chi connectivity index (χ3v) is 4.13. The van der Waals surface area contributed by atoms with E-state index in [0.717, 1.165) is 11.6 Å². The smallest absolute Gasteiger partial charge is 0.252 e. The van der Waals surface area contributed by atoms with Gasteiger partial charge in [-0.3, -0.25) is 4.79 Å². The summed E-state index contributed by atoms with van der Waals surface area (Å²) in [5.41, 5.74) is 6.01. The molecule has 2 heterocycles. The first-order chi connectivity index (χ1) is 14.2. The van der Waals surface area contributed by atoms with Crippen molar-refractivity contribution in [2.75, 3.05) is 10.6 Å². The van der Waals surface area contributed by atoms with Crippen molar-refractivity contribution in [3.8, 4) is 5.88 Å². The van der Waals surface area contributed by atoms with E-state index in [4.69, 9.17) is 10.5 Å². The molecule has 3 rings (SSSR count). The molecule has 0 fully saturated rings. The number of halogens is 2.